The van der Waals surface area contributed by atoms with Crippen molar-refractivity contribution in [1.82, 2.24) is 0 Å². The number of ether oxygens (including phenoxy) is 1. The van der Waals surface area contributed by atoms with Crippen LogP contribution >= 0.6 is 0 Å². The van der Waals surface area contributed by atoms with Gasteiger partial charge in [-0.1, -0.05) is 30.3 Å². The molecule has 22 heavy (non-hydrogen) atoms. The lowest BCUT2D eigenvalue weighted by Gasteiger charge is -2.23. The standard InChI is InChI=1S/C19H19NO2/c1-22-19-9-7-16(8-10-19)20-17-11-15(12-18(21)13-17)14-5-3-2-4-6-14/h2-10,13,15,20H,11-12H2,1H3/t15-/m0/s1. The lowest BCUT2D eigenvalue weighted by atomic mass is 9.85. The maximum Gasteiger partial charge on any atom is 0.158 e. The van der Waals surface area contributed by atoms with Crippen molar-refractivity contribution in [3.8, 4) is 5.75 Å². The summed E-state index contributed by atoms with van der Waals surface area (Å²) in [5.41, 5.74) is 3.15. The van der Waals surface area contributed by atoms with E-state index in [0.717, 1.165) is 23.6 Å². The van der Waals surface area contributed by atoms with Gasteiger partial charge in [0, 0.05) is 23.9 Å². The lowest BCUT2D eigenvalue weighted by Crippen LogP contribution is -2.16. The van der Waals surface area contributed by atoms with Crippen LogP contribution in [-0.4, -0.2) is 12.9 Å². The highest BCUT2D eigenvalue weighted by atomic mass is 16.5. The fraction of sp³-hybridized carbons (Fsp3) is 0.211. The first-order chi connectivity index (χ1) is 10.7. The van der Waals surface area contributed by atoms with E-state index in [1.165, 1.54) is 5.56 Å². The SMILES string of the molecule is COc1ccc(NC2=CC(=O)C[C@@H](c3ccccc3)C2)cc1. The molecule has 3 heteroatoms. The van der Waals surface area contributed by atoms with Gasteiger partial charge in [-0.05, 0) is 42.2 Å². The number of benzene rings is 2. The average molecular weight is 293 g/mol. The number of carbonyl (C=O) groups excluding carboxylic acids is 1. The second kappa shape index (κ2) is 6.48. The highest BCUT2D eigenvalue weighted by Crippen LogP contribution is 2.32. The molecule has 3 rings (SSSR count). The number of nitrogens with one attached hydrogen (secondary N) is 1. The fourth-order valence-electron chi connectivity index (χ4n) is 2.80. The fourth-order valence-corrected chi connectivity index (χ4v) is 2.80. The number of rotatable bonds is 4. The van der Waals surface area contributed by atoms with E-state index in [4.69, 9.17) is 4.74 Å². The molecule has 0 amide bonds. The predicted molar refractivity (Wildman–Crippen MR) is 88.1 cm³/mol. The number of carbonyl (C=O) groups is 1. The topological polar surface area (TPSA) is 38.3 Å². The second-order valence-electron chi connectivity index (χ2n) is 5.51. The van der Waals surface area contributed by atoms with Crippen LogP contribution < -0.4 is 10.1 Å². The molecule has 1 N–H and O–H groups in total. The molecule has 1 atom stereocenters. The molecule has 0 bridgehead atoms. The van der Waals surface area contributed by atoms with Crippen LogP contribution in [0.5, 0.6) is 5.75 Å². The summed E-state index contributed by atoms with van der Waals surface area (Å²) in [5, 5.41) is 3.35. The molecule has 1 aliphatic carbocycles. The molecule has 0 fully saturated rings. The van der Waals surface area contributed by atoms with Crippen LogP contribution in [0.1, 0.15) is 24.3 Å². The van der Waals surface area contributed by atoms with Crippen LogP contribution in [0, 0.1) is 0 Å². The molecule has 0 spiro atoms. The Morgan fingerprint density at radius 1 is 1.00 bits per heavy atom. The quantitative estimate of drug-likeness (QED) is 0.920. The minimum absolute atomic E-state index is 0.177. The second-order valence-corrected chi connectivity index (χ2v) is 5.51. The number of hydrogen-bond donors (Lipinski definition) is 1. The number of methoxy groups -OCH3 is 1. The smallest absolute Gasteiger partial charge is 0.158 e. The molecular formula is C19H19NO2. The summed E-state index contributed by atoms with van der Waals surface area (Å²) in [6.07, 6.45) is 3.16. The zero-order chi connectivity index (χ0) is 15.4. The molecule has 2 aromatic carbocycles. The summed E-state index contributed by atoms with van der Waals surface area (Å²) in [6.45, 7) is 0. The normalized spacial score (nSPS) is 17.8. The molecule has 3 nitrogen and oxygen atoms in total. The summed E-state index contributed by atoms with van der Waals surface area (Å²) in [5.74, 6) is 1.25. The van der Waals surface area contributed by atoms with Crippen molar-refractivity contribution in [3.05, 3.63) is 71.9 Å². The summed E-state index contributed by atoms with van der Waals surface area (Å²) in [6, 6.07) is 17.9. The molecule has 0 aromatic heterocycles. The van der Waals surface area contributed by atoms with E-state index in [-0.39, 0.29) is 11.7 Å². The van der Waals surface area contributed by atoms with Crippen molar-refractivity contribution in [1.29, 1.82) is 0 Å². The molecule has 0 radical (unpaired) electrons. The Morgan fingerprint density at radius 2 is 1.73 bits per heavy atom. The lowest BCUT2D eigenvalue weighted by molar-refractivity contribution is -0.115. The van der Waals surface area contributed by atoms with Gasteiger partial charge >= 0.3 is 0 Å². The average Bonchev–Trinajstić information content (AvgIpc) is 2.56. The molecule has 1 aliphatic rings. The highest BCUT2D eigenvalue weighted by molar-refractivity contribution is 5.92. The predicted octanol–water partition coefficient (Wildman–Crippen LogP) is 4.14. The Bertz CT molecular complexity index is 674. The van der Waals surface area contributed by atoms with E-state index in [0.29, 0.717) is 6.42 Å². The number of allylic oxidation sites excluding steroid dienone is 2. The van der Waals surface area contributed by atoms with E-state index < -0.39 is 0 Å². The van der Waals surface area contributed by atoms with Crippen molar-refractivity contribution < 1.29 is 9.53 Å². The highest BCUT2D eigenvalue weighted by Gasteiger charge is 2.22. The molecule has 0 heterocycles. The van der Waals surface area contributed by atoms with Gasteiger partial charge in [-0.2, -0.15) is 0 Å². The third kappa shape index (κ3) is 3.37. The molecular weight excluding hydrogens is 274 g/mol. The maximum absolute atomic E-state index is 12.0. The molecule has 0 aliphatic heterocycles. The van der Waals surface area contributed by atoms with Gasteiger partial charge in [-0.3, -0.25) is 4.79 Å². The maximum atomic E-state index is 12.0. The number of ketones is 1. The summed E-state index contributed by atoms with van der Waals surface area (Å²) in [7, 11) is 1.65. The van der Waals surface area contributed by atoms with Gasteiger partial charge in [0.2, 0.25) is 0 Å². The van der Waals surface area contributed by atoms with Gasteiger partial charge in [0.25, 0.3) is 0 Å². The van der Waals surface area contributed by atoms with E-state index in [1.54, 1.807) is 13.2 Å². The van der Waals surface area contributed by atoms with E-state index in [9.17, 15) is 4.79 Å². The van der Waals surface area contributed by atoms with Crippen LogP contribution in [0.2, 0.25) is 0 Å². The molecule has 0 saturated carbocycles. The van der Waals surface area contributed by atoms with Crippen LogP contribution in [0.3, 0.4) is 0 Å². The van der Waals surface area contributed by atoms with Gasteiger partial charge in [0.15, 0.2) is 5.78 Å². The van der Waals surface area contributed by atoms with Crippen molar-refractivity contribution in [2.45, 2.75) is 18.8 Å². The number of anilines is 1. The third-order valence-electron chi connectivity index (χ3n) is 3.92. The Morgan fingerprint density at radius 3 is 2.41 bits per heavy atom. The minimum atomic E-state index is 0.177. The Balaban J connectivity index is 1.74. The van der Waals surface area contributed by atoms with Crippen molar-refractivity contribution in [2.75, 3.05) is 12.4 Å². The minimum Gasteiger partial charge on any atom is -0.497 e. The van der Waals surface area contributed by atoms with Crippen molar-refractivity contribution in [2.24, 2.45) is 0 Å². The third-order valence-corrected chi connectivity index (χ3v) is 3.92. The Hall–Kier alpha value is -2.55. The summed E-state index contributed by atoms with van der Waals surface area (Å²) >= 11 is 0. The monoisotopic (exact) mass is 293 g/mol. The first-order valence-electron chi connectivity index (χ1n) is 7.44. The summed E-state index contributed by atoms with van der Waals surface area (Å²) in [4.78, 5) is 12.0. The summed E-state index contributed by atoms with van der Waals surface area (Å²) < 4.78 is 5.15. The molecule has 112 valence electrons. The molecule has 2 aromatic rings. The zero-order valence-electron chi connectivity index (χ0n) is 12.6. The first-order valence-corrected chi connectivity index (χ1v) is 7.44. The van der Waals surface area contributed by atoms with Crippen molar-refractivity contribution >= 4 is 11.5 Å². The first kappa shape index (κ1) is 14.4. The number of hydrogen-bond acceptors (Lipinski definition) is 3. The largest absolute Gasteiger partial charge is 0.497 e. The zero-order valence-corrected chi connectivity index (χ0v) is 12.6. The Kier molecular flexibility index (Phi) is 4.24. The Labute approximate surface area is 130 Å². The van der Waals surface area contributed by atoms with Gasteiger partial charge in [-0.15, -0.1) is 0 Å². The van der Waals surface area contributed by atoms with Crippen LogP contribution in [-0.2, 0) is 4.79 Å². The van der Waals surface area contributed by atoms with Gasteiger partial charge in [-0.25, -0.2) is 0 Å². The van der Waals surface area contributed by atoms with Gasteiger partial charge in [0.1, 0.15) is 5.75 Å². The van der Waals surface area contributed by atoms with E-state index in [1.807, 2.05) is 42.5 Å². The van der Waals surface area contributed by atoms with Gasteiger partial charge < -0.3 is 10.1 Å². The van der Waals surface area contributed by atoms with Crippen LogP contribution in [0.4, 0.5) is 5.69 Å². The van der Waals surface area contributed by atoms with Crippen LogP contribution in [0.25, 0.3) is 0 Å². The van der Waals surface area contributed by atoms with Crippen molar-refractivity contribution in [3.63, 3.8) is 0 Å². The molecule has 0 unspecified atom stereocenters. The van der Waals surface area contributed by atoms with Crippen LogP contribution in [0.15, 0.2) is 66.4 Å². The molecule has 0 saturated heterocycles. The van der Waals surface area contributed by atoms with E-state index in [2.05, 4.69) is 17.4 Å². The van der Waals surface area contributed by atoms with E-state index >= 15 is 0 Å². The van der Waals surface area contributed by atoms with Gasteiger partial charge in [0.05, 0.1) is 7.11 Å².